The largest absolute Gasteiger partial charge is 0.427 e. The van der Waals surface area contributed by atoms with Gasteiger partial charge in [0.1, 0.15) is 29.1 Å². The topological polar surface area (TPSA) is 103 Å². The Labute approximate surface area is 204 Å². The summed E-state index contributed by atoms with van der Waals surface area (Å²) in [5.41, 5.74) is 3.52. The number of amides is 1. The molecule has 0 saturated carbocycles. The monoisotopic (exact) mass is 476 g/mol. The second kappa shape index (κ2) is 9.30. The molecule has 0 radical (unpaired) electrons. The van der Waals surface area contributed by atoms with E-state index in [2.05, 4.69) is 25.2 Å². The van der Waals surface area contributed by atoms with Gasteiger partial charge in [-0.05, 0) is 70.3 Å². The normalized spacial score (nSPS) is 17.3. The van der Waals surface area contributed by atoms with E-state index < -0.39 is 11.5 Å². The van der Waals surface area contributed by atoms with Crippen LogP contribution in [-0.4, -0.2) is 64.5 Å². The highest BCUT2D eigenvalue weighted by molar-refractivity contribution is 5.99. The molecule has 0 bridgehead atoms. The van der Waals surface area contributed by atoms with E-state index in [1.165, 1.54) is 31.0 Å². The standard InChI is InChI=1S/C26H32N6O3/c1-17(33)35-19-8-6-7-18(15-19)29-25(34)26(31(2)3)11-13-32(14-12-26)24-22-20-9-4-5-10-21(20)30-23(22)27-16-28-24/h6-8,15-16H,4-5,9-14H2,1-3H3,(H,29,34)(H,27,28,30). The molecule has 184 valence electrons. The molecule has 35 heavy (non-hydrogen) atoms. The Hall–Kier alpha value is -3.46. The van der Waals surface area contributed by atoms with E-state index in [0.717, 1.165) is 29.7 Å². The van der Waals surface area contributed by atoms with Crippen molar-refractivity contribution in [3.8, 4) is 5.75 Å². The summed E-state index contributed by atoms with van der Waals surface area (Å²) in [7, 11) is 3.91. The first-order valence-electron chi connectivity index (χ1n) is 12.2. The van der Waals surface area contributed by atoms with E-state index in [1.807, 2.05) is 19.0 Å². The lowest BCUT2D eigenvalue weighted by atomic mass is 9.85. The Kier molecular flexibility index (Phi) is 6.19. The minimum Gasteiger partial charge on any atom is -0.427 e. The van der Waals surface area contributed by atoms with Crippen LogP contribution in [0.25, 0.3) is 11.0 Å². The van der Waals surface area contributed by atoms with Gasteiger partial charge in [0, 0.05) is 37.5 Å². The Bertz CT molecular complexity index is 1260. The number of carbonyl (C=O) groups excluding carboxylic acids is 2. The zero-order chi connectivity index (χ0) is 24.6. The van der Waals surface area contributed by atoms with Crippen LogP contribution in [0.2, 0.25) is 0 Å². The molecule has 2 N–H and O–H groups in total. The van der Waals surface area contributed by atoms with Crippen molar-refractivity contribution in [1.82, 2.24) is 19.9 Å². The second-order valence-electron chi connectivity index (χ2n) is 9.70. The van der Waals surface area contributed by atoms with E-state index in [-0.39, 0.29) is 5.91 Å². The molecule has 1 aromatic carbocycles. The van der Waals surface area contributed by atoms with Gasteiger partial charge in [0.15, 0.2) is 0 Å². The number of H-pyrrole nitrogens is 1. The summed E-state index contributed by atoms with van der Waals surface area (Å²) in [6.45, 7) is 2.78. The summed E-state index contributed by atoms with van der Waals surface area (Å²) >= 11 is 0. The number of rotatable bonds is 5. The van der Waals surface area contributed by atoms with Crippen molar-refractivity contribution in [1.29, 1.82) is 0 Å². The lowest BCUT2D eigenvalue weighted by Gasteiger charge is -2.45. The number of esters is 1. The first kappa shape index (κ1) is 23.3. The zero-order valence-corrected chi connectivity index (χ0v) is 20.6. The highest BCUT2D eigenvalue weighted by Gasteiger charge is 2.44. The molecule has 9 nitrogen and oxygen atoms in total. The smallest absolute Gasteiger partial charge is 0.308 e. The molecular weight excluding hydrogens is 444 g/mol. The van der Waals surface area contributed by atoms with Gasteiger partial charge < -0.3 is 19.9 Å². The lowest BCUT2D eigenvalue weighted by Crippen LogP contribution is -2.59. The average molecular weight is 477 g/mol. The molecule has 2 aromatic heterocycles. The predicted octanol–water partition coefficient (Wildman–Crippen LogP) is 3.30. The van der Waals surface area contributed by atoms with Crippen LogP contribution in [0.3, 0.4) is 0 Å². The van der Waals surface area contributed by atoms with Crippen LogP contribution in [-0.2, 0) is 22.4 Å². The number of hydrogen-bond acceptors (Lipinski definition) is 7. The molecular formula is C26H32N6O3. The van der Waals surface area contributed by atoms with Gasteiger partial charge in [0.25, 0.3) is 0 Å². The number of nitrogens with zero attached hydrogens (tertiary/aromatic N) is 4. The fraction of sp³-hybridized carbons (Fsp3) is 0.462. The Morgan fingerprint density at radius 1 is 1.14 bits per heavy atom. The number of benzene rings is 1. The quantitative estimate of drug-likeness (QED) is 0.430. The predicted molar refractivity (Wildman–Crippen MR) is 135 cm³/mol. The van der Waals surface area contributed by atoms with E-state index in [0.29, 0.717) is 37.4 Å². The molecule has 3 aromatic rings. The maximum absolute atomic E-state index is 13.6. The molecule has 0 spiro atoms. The van der Waals surface area contributed by atoms with Gasteiger partial charge in [-0.25, -0.2) is 9.97 Å². The van der Waals surface area contributed by atoms with Crippen molar-refractivity contribution in [2.45, 2.75) is 51.0 Å². The number of anilines is 2. The van der Waals surface area contributed by atoms with Crippen molar-refractivity contribution in [2.24, 2.45) is 0 Å². The third-order valence-corrected chi connectivity index (χ3v) is 7.39. The summed E-state index contributed by atoms with van der Waals surface area (Å²) in [5.74, 6) is 0.921. The Morgan fingerprint density at radius 3 is 2.66 bits per heavy atom. The second-order valence-corrected chi connectivity index (χ2v) is 9.70. The van der Waals surface area contributed by atoms with Gasteiger partial charge in [0.05, 0.1) is 5.39 Å². The molecule has 1 saturated heterocycles. The van der Waals surface area contributed by atoms with Gasteiger partial charge in [-0.3, -0.25) is 14.5 Å². The van der Waals surface area contributed by atoms with Gasteiger partial charge in [0.2, 0.25) is 5.91 Å². The molecule has 1 aliphatic carbocycles. The molecule has 5 rings (SSSR count). The van der Waals surface area contributed by atoms with Crippen LogP contribution in [0.5, 0.6) is 5.75 Å². The lowest BCUT2D eigenvalue weighted by molar-refractivity contribution is -0.132. The minimum absolute atomic E-state index is 0.0611. The number of fused-ring (bicyclic) bond motifs is 3. The number of carbonyl (C=O) groups is 2. The third-order valence-electron chi connectivity index (χ3n) is 7.39. The molecule has 1 amide bonds. The molecule has 1 aliphatic heterocycles. The number of ether oxygens (including phenoxy) is 1. The molecule has 0 unspecified atom stereocenters. The Balaban J connectivity index is 1.36. The van der Waals surface area contributed by atoms with Crippen molar-refractivity contribution >= 4 is 34.4 Å². The molecule has 1 fully saturated rings. The van der Waals surface area contributed by atoms with Crippen molar-refractivity contribution in [3.05, 3.63) is 41.9 Å². The van der Waals surface area contributed by atoms with Crippen LogP contribution in [0.15, 0.2) is 30.6 Å². The number of aromatic amines is 1. The van der Waals surface area contributed by atoms with E-state index in [4.69, 9.17) is 4.74 Å². The third kappa shape index (κ3) is 4.36. The van der Waals surface area contributed by atoms with Gasteiger partial charge >= 0.3 is 5.97 Å². The first-order chi connectivity index (χ1) is 16.9. The van der Waals surface area contributed by atoms with Crippen molar-refractivity contribution in [2.75, 3.05) is 37.4 Å². The van der Waals surface area contributed by atoms with Gasteiger partial charge in [-0.15, -0.1) is 0 Å². The van der Waals surface area contributed by atoms with Crippen molar-refractivity contribution < 1.29 is 14.3 Å². The van der Waals surface area contributed by atoms with Crippen LogP contribution in [0.1, 0.15) is 43.9 Å². The van der Waals surface area contributed by atoms with Gasteiger partial charge in [-0.1, -0.05) is 6.07 Å². The zero-order valence-electron chi connectivity index (χ0n) is 20.6. The Morgan fingerprint density at radius 2 is 1.91 bits per heavy atom. The highest BCUT2D eigenvalue weighted by atomic mass is 16.5. The van der Waals surface area contributed by atoms with Crippen LogP contribution in [0.4, 0.5) is 11.5 Å². The number of aromatic nitrogens is 3. The summed E-state index contributed by atoms with van der Waals surface area (Å²) in [6, 6.07) is 6.93. The van der Waals surface area contributed by atoms with E-state index in [9.17, 15) is 9.59 Å². The summed E-state index contributed by atoms with van der Waals surface area (Å²) in [4.78, 5) is 41.9. The fourth-order valence-corrected chi connectivity index (χ4v) is 5.47. The average Bonchev–Trinajstić information content (AvgIpc) is 3.22. The van der Waals surface area contributed by atoms with Crippen LogP contribution in [0, 0.1) is 0 Å². The molecule has 9 heteroatoms. The maximum atomic E-state index is 13.6. The van der Waals surface area contributed by atoms with Crippen molar-refractivity contribution in [3.63, 3.8) is 0 Å². The van der Waals surface area contributed by atoms with Crippen LogP contribution >= 0.6 is 0 Å². The van der Waals surface area contributed by atoms with Crippen LogP contribution < -0.4 is 15.0 Å². The minimum atomic E-state index is -0.655. The van der Waals surface area contributed by atoms with E-state index in [1.54, 1.807) is 30.6 Å². The summed E-state index contributed by atoms with van der Waals surface area (Å²) < 4.78 is 5.16. The summed E-state index contributed by atoms with van der Waals surface area (Å²) in [5, 5.41) is 4.19. The number of piperidine rings is 1. The molecule has 2 aliphatic rings. The number of nitrogens with one attached hydrogen (secondary N) is 2. The molecule has 3 heterocycles. The highest BCUT2D eigenvalue weighted by Crippen LogP contribution is 2.37. The maximum Gasteiger partial charge on any atom is 0.308 e. The SMILES string of the molecule is CC(=O)Oc1cccc(NC(=O)C2(N(C)C)CCN(c3ncnc4[nH]c5c(c34)CCCC5)CC2)c1. The number of hydrogen-bond donors (Lipinski definition) is 2. The number of likely N-dealkylation sites (N-methyl/N-ethyl adjacent to an activating group) is 1. The van der Waals surface area contributed by atoms with Gasteiger partial charge in [-0.2, -0.15) is 0 Å². The number of aryl methyl sites for hydroxylation is 2. The fourth-order valence-electron chi connectivity index (χ4n) is 5.47. The first-order valence-corrected chi connectivity index (χ1v) is 12.2. The molecule has 0 atom stereocenters. The summed E-state index contributed by atoms with van der Waals surface area (Å²) in [6.07, 6.45) is 7.47. The van der Waals surface area contributed by atoms with E-state index >= 15 is 0 Å².